The molecule has 100 valence electrons. The summed E-state index contributed by atoms with van der Waals surface area (Å²) in [5, 5.41) is 3.34. The second-order valence-electron chi connectivity index (χ2n) is 4.59. The normalized spacial score (nSPS) is 12.2. The molecule has 2 rings (SSSR count). The Morgan fingerprint density at radius 3 is 2.74 bits per heavy atom. The SMILES string of the molecule is Cc1ccc(C(N)=S)c(NC(C)c2ncc(C)o2)c1. The minimum absolute atomic E-state index is 0.0522. The number of nitrogens with one attached hydrogen (secondary N) is 1. The summed E-state index contributed by atoms with van der Waals surface area (Å²) in [6.45, 7) is 5.88. The number of hydrogen-bond acceptors (Lipinski definition) is 4. The highest BCUT2D eigenvalue weighted by Gasteiger charge is 2.14. The van der Waals surface area contributed by atoms with Gasteiger partial charge in [0.15, 0.2) is 0 Å². The van der Waals surface area contributed by atoms with Gasteiger partial charge in [-0.25, -0.2) is 4.98 Å². The van der Waals surface area contributed by atoms with Gasteiger partial charge in [0, 0.05) is 11.3 Å². The van der Waals surface area contributed by atoms with Crippen molar-refractivity contribution in [3.63, 3.8) is 0 Å². The summed E-state index contributed by atoms with van der Waals surface area (Å²) >= 11 is 5.07. The number of nitrogens with two attached hydrogens (primary N) is 1. The minimum atomic E-state index is -0.0522. The molecule has 1 aromatic carbocycles. The first-order chi connectivity index (χ1) is 8.97. The molecule has 1 atom stereocenters. The lowest BCUT2D eigenvalue weighted by atomic mass is 10.1. The van der Waals surface area contributed by atoms with Crippen LogP contribution in [0, 0.1) is 13.8 Å². The molecule has 0 aliphatic heterocycles. The molecule has 0 radical (unpaired) electrons. The van der Waals surface area contributed by atoms with Crippen LogP contribution in [0.1, 0.15) is 35.7 Å². The first kappa shape index (κ1) is 13.5. The summed E-state index contributed by atoms with van der Waals surface area (Å²) in [5.74, 6) is 1.44. The van der Waals surface area contributed by atoms with E-state index < -0.39 is 0 Å². The number of aryl methyl sites for hydroxylation is 2. The molecule has 1 aromatic heterocycles. The Hall–Kier alpha value is -1.88. The van der Waals surface area contributed by atoms with Gasteiger partial charge < -0.3 is 15.5 Å². The van der Waals surface area contributed by atoms with Crippen LogP contribution in [-0.4, -0.2) is 9.97 Å². The van der Waals surface area contributed by atoms with Gasteiger partial charge in [0.1, 0.15) is 16.8 Å². The number of hydrogen-bond donors (Lipinski definition) is 2. The number of benzene rings is 1. The minimum Gasteiger partial charge on any atom is -0.444 e. The Balaban J connectivity index is 2.27. The van der Waals surface area contributed by atoms with E-state index in [1.54, 1.807) is 6.20 Å². The maximum atomic E-state index is 5.74. The smallest absolute Gasteiger partial charge is 0.216 e. The lowest BCUT2D eigenvalue weighted by molar-refractivity contribution is 0.453. The Bertz CT molecular complexity index is 606. The van der Waals surface area contributed by atoms with E-state index in [0.717, 1.165) is 22.6 Å². The van der Waals surface area contributed by atoms with Crippen molar-refractivity contribution < 1.29 is 4.42 Å². The highest BCUT2D eigenvalue weighted by molar-refractivity contribution is 7.80. The molecule has 0 aliphatic rings. The van der Waals surface area contributed by atoms with E-state index in [1.165, 1.54) is 0 Å². The maximum absolute atomic E-state index is 5.74. The van der Waals surface area contributed by atoms with Gasteiger partial charge in [-0.15, -0.1) is 0 Å². The zero-order valence-corrected chi connectivity index (χ0v) is 12.0. The van der Waals surface area contributed by atoms with Crippen LogP contribution in [0.15, 0.2) is 28.8 Å². The number of oxazole rings is 1. The van der Waals surface area contributed by atoms with Crippen LogP contribution in [0.4, 0.5) is 5.69 Å². The lowest BCUT2D eigenvalue weighted by Gasteiger charge is -2.16. The van der Waals surface area contributed by atoms with Crippen LogP contribution in [-0.2, 0) is 0 Å². The van der Waals surface area contributed by atoms with E-state index in [9.17, 15) is 0 Å². The third-order valence-corrected chi connectivity index (χ3v) is 3.04. The number of aromatic nitrogens is 1. The molecule has 0 spiro atoms. The molecular formula is C14H17N3OS. The number of nitrogens with zero attached hydrogens (tertiary/aromatic N) is 1. The third kappa shape index (κ3) is 3.12. The average molecular weight is 275 g/mol. The second kappa shape index (κ2) is 5.40. The Morgan fingerprint density at radius 1 is 1.42 bits per heavy atom. The molecule has 4 nitrogen and oxygen atoms in total. The molecular weight excluding hydrogens is 258 g/mol. The predicted octanol–water partition coefficient (Wildman–Crippen LogP) is 3.10. The molecule has 1 heterocycles. The van der Waals surface area contributed by atoms with Crippen LogP contribution in [0.3, 0.4) is 0 Å². The topological polar surface area (TPSA) is 64.1 Å². The van der Waals surface area contributed by atoms with E-state index >= 15 is 0 Å². The van der Waals surface area contributed by atoms with Gasteiger partial charge >= 0.3 is 0 Å². The summed E-state index contributed by atoms with van der Waals surface area (Å²) in [4.78, 5) is 4.59. The fourth-order valence-electron chi connectivity index (χ4n) is 1.86. The fraction of sp³-hybridized carbons (Fsp3) is 0.286. The molecule has 1 unspecified atom stereocenters. The quantitative estimate of drug-likeness (QED) is 0.839. The van der Waals surface area contributed by atoms with Gasteiger partial charge in [-0.1, -0.05) is 18.3 Å². The summed E-state index contributed by atoms with van der Waals surface area (Å²) in [6, 6.07) is 5.87. The van der Waals surface area contributed by atoms with E-state index in [4.69, 9.17) is 22.4 Å². The number of rotatable bonds is 4. The summed E-state index contributed by atoms with van der Waals surface area (Å²) in [7, 11) is 0. The van der Waals surface area contributed by atoms with Crippen molar-refractivity contribution in [1.29, 1.82) is 0 Å². The van der Waals surface area contributed by atoms with Gasteiger partial charge in [0.25, 0.3) is 0 Å². The van der Waals surface area contributed by atoms with Crippen molar-refractivity contribution in [2.75, 3.05) is 5.32 Å². The van der Waals surface area contributed by atoms with E-state index in [0.29, 0.717) is 10.9 Å². The first-order valence-electron chi connectivity index (χ1n) is 6.06. The predicted molar refractivity (Wildman–Crippen MR) is 80.3 cm³/mol. The molecule has 0 saturated heterocycles. The summed E-state index contributed by atoms with van der Waals surface area (Å²) in [5.41, 5.74) is 8.60. The number of anilines is 1. The molecule has 0 amide bonds. The van der Waals surface area contributed by atoms with Crippen LogP contribution < -0.4 is 11.1 Å². The van der Waals surface area contributed by atoms with E-state index in [-0.39, 0.29) is 6.04 Å². The molecule has 3 N–H and O–H groups in total. The highest BCUT2D eigenvalue weighted by Crippen LogP contribution is 2.23. The highest BCUT2D eigenvalue weighted by atomic mass is 32.1. The molecule has 0 fully saturated rings. The van der Waals surface area contributed by atoms with Crippen molar-refractivity contribution in [3.05, 3.63) is 47.2 Å². The van der Waals surface area contributed by atoms with E-state index in [2.05, 4.69) is 10.3 Å². The zero-order chi connectivity index (χ0) is 14.0. The van der Waals surface area contributed by atoms with Gasteiger partial charge in [0.2, 0.25) is 5.89 Å². The molecule has 0 bridgehead atoms. The van der Waals surface area contributed by atoms with Crippen LogP contribution >= 0.6 is 12.2 Å². The third-order valence-electron chi connectivity index (χ3n) is 2.82. The molecule has 0 aliphatic carbocycles. The summed E-state index contributed by atoms with van der Waals surface area (Å²) < 4.78 is 5.51. The number of thiocarbonyl (C=S) groups is 1. The molecule has 0 saturated carbocycles. The molecule has 2 aromatic rings. The van der Waals surface area contributed by atoms with E-state index in [1.807, 2.05) is 39.0 Å². The molecule has 5 heteroatoms. The van der Waals surface area contributed by atoms with Crippen LogP contribution in [0.2, 0.25) is 0 Å². The maximum Gasteiger partial charge on any atom is 0.216 e. The van der Waals surface area contributed by atoms with Crippen molar-refractivity contribution in [2.45, 2.75) is 26.8 Å². The largest absolute Gasteiger partial charge is 0.444 e. The standard InChI is InChI=1S/C14H17N3OS/c1-8-4-5-11(13(15)19)12(6-8)17-10(3)14-16-7-9(2)18-14/h4-7,10,17H,1-3H3,(H2,15,19). The monoisotopic (exact) mass is 275 g/mol. The van der Waals surface area contributed by atoms with Crippen LogP contribution in [0.25, 0.3) is 0 Å². The van der Waals surface area contributed by atoms with Crippen molar-refractivity contribution in [1.82, 2.24) is 4.98 Å². The Kier molecular flexibility index (Phi) is 3.85. The van der Waals surface area contributed by atoms with Crippen molar-refractivity contribution in [2.24, 2.45) is 5.73 Å². The second-order valence-corrected chi connectivity index (χ2v) is 5.03. The Morgan fingerprint density at radius 2 is 2.16 bits per heavy atom. The van der Waals surface area contributed by atoms with Gasteiger partial charge in [-0.3, -0.25) is 0 Å². The zero-order valence-electron chi connectivity index (χ0n) is 11.2. The van der Waals surface area contributed by atoms with Gasteiger partial charge in [-0.2, -0.15) is 0 Å². The first-order valence-corrected chi connectivity index (χ1v) is 6.47. The average Bonchev–Trinajstić information content (AvgIpc) is 2.75. The van der Waals surface area contributed by atoms with Gasteiger partial charge in [-0.05, 0) is 38.5 Å². The molecule has 19 heavy (non-hydrogen) atoms. The lowest BCUT2D eigenvalue weighted by Crippen LogP contribution is -2.15. The Labute approximate surface area is 118 Å². The van der Waals surface area contributed by atoms with Crippen LogP contribution in [0.5, 0.6) is 0 Å². The fourth-order valence-corrected chi connectivity index (χ4v) is 2.04. The van der Waals surface area contributed by atoms with Crippen molar-refractivity contribution in [3.8, 4) is 0 Å². The summed E-state index contributed by atoms with van der Waals surface area (Å²) in [6.07, 6.45) is 1.71. The van der Waals surface area contributed by atoms with Gasteiger partial charge in [0.05, 0.1) is 6.20 Å². The van der Waals surface area contributed by atoms with Crippen molar-refractivity contribution >= 4 is 22.9 Å².